The lowest BCUT2D eigenvalue weighted by molar-refractivity contribution is 0.208. The summed E-state index contributed by atoms with van der Waals surface area (Å²) in [4.78, 5) is 19.9. The van der Waals surface area contributed by atoms with Gasteiger partial charge in [-0.05, 0) is 36.4 Å². The maximum atomic E-state index is 12.5. The topological polar surface area (TPSA) is 51.4 Å². The van der Waals surface area contributed by atoms with Crippen LogP contribution in [0.5, 0.6) is 0 Å². The van der Waals surface area contributed by atoms with Crippen LogP contribution in [-0.2, 0) is 0 Å². The van der Waals surface area contributed by atoms with Crippen LogP contribution in [-0.4, -0.2) is 42.1 Å². The minimum Gasteiger partial charge on any atom is -0.367 e. The molecule has 0 unspecified atom stereocenters. The van der Waals surface area contributed by atoms with Crippen molar-refractivity contribution in [1.29, 1.82) is 0 Å². The Hall–Kier alpha value is -2.37. The number of amides is 2. The number of halogens is 2. The van der Waals surface area contributed by atoms with E-state index in [1.165, 1.54) is 11.1 Å². The molecule has 0 aliphatic carbocycles. The normalized spacial score (nSPS) is 14.7. The number of hydrogen-bond donors (Lipinski definition) is 2. The number of piperazine rings is 1. The van der Waals surface area contributed by atoms with E-state index in [0.29, 0.717) is 28.8 Å². The molecule has 5 nitrogen and oxygen atoms in total. The zero-order chi connectivity index (χ0) is 18.1. The summed E-state index contributed by atoms with van der Waals surface area (Å²) in [5.74, 6) is 0. The summed E-state index contributed by atoms with van der Waals surface area (Å²) in [7, 11) is 0. The third kappa shape index (κ3) is 3.45. The summed E-state index contributed by atoms with van der Waals surface area (Å²) < 4.78 is 0. The van der Waals surface area contributed by atoms with Gasteiger partial charge in [-0.1, -0.05) is 29.3 Å². The van der Waals surface area contributed by atoms with Crippen molar-refractivity contribution in [3.63, 3.8) is 0 Å². The first kappa shape index (κ1) is 17.1. The van der Waals surface area contributed by atoms with Crippen molar-refractivity contribution in [3.05, 3.63) is 58.7 Å². The molecule has 4 rings (SSSR count). The first-order valence-corrected chi connectivity index (χ1v) is 9.19. The third-order valence-electron chi connectivity index (χ3n) is 4.59. The van der Waals surface area contributed by atoms with E-state index in [4.69, 9.17) is 23.2 Å². The summed E-state index contributed by atoms with van der Waals surface area (Å²) >= 11 is 12.0. The molecule has 26 heavy (non-hydrogen) atoms. The number of carbonyl (C=O) groups is 1. The highest BCUT2D eigenvalue weighted by atomic mass is 35.5. The fraction of sp³-hybridized carbons (Fsp3) is 0.211. The van der Waals surface area contributed by atoms with E-state index in [0.717, 1.165) is 18.6 Å². The number of carbonyl (C=O) groups excluding carboxylic acids is 1. The van der Waals surface area contributed by atoms with E-state index in [2.05, 4.69) is 39.5 Å². The van der Waals surface area contributed by atoms with E-state index < -0.39 is 0 Å². The van der Waals surface area contributed by atoms with Gasteiger partial charge in [0.2, 0.25) is 0 Å². The maximum absolute atomic E-state index is 12.5. The molecule has 1 aliphatic rings. The molecule has 1 aliphatic heterocycles. The number of H-pyrrole nitrogens is 1. The minimum absolute atomic E-state index is 0.136. The van der Waals surface area contributed by atoms with Gasteiger partial charge in [0, 0.05) is 64.7 Å². The number of urea groups is 1. The van der Waals surface area contributed by atoms with Gasteiger partial charge < -0.3 is 20.1 Å². The second-order valence-corrected chi connectivity index (χ2v) is 7.15. The van der Waals surface area contributed by atoms with Crippen LogP contribution < -0.4 is 10.2 Å². The van der Waals surface area contributed by atoms with Crippen molar-refractivity contribution < 1.29 is 4.79 Å². The van der Waals surface area contributed by atoms with Crippen LogP contribution in [0.4, 0.5) is 16.2 Å². The maximum Gasteiger partial charge on any atom is 0.321 e. The molecule has 3 aromatic rings. The van der Waals surface area contributed by atoms with Crippen molar-refractivity contribution in [2.24, 2.45) is 0 Å². The van der Waals surface area contributed by atoms with E-state index in [1.807, 2.05) is 11.1 Å². The van der Waals surface area contributed by atoms with Gasteiger partial charge in [0.05, 0.1) is 0 Å². The molecule has 0 spiro atoms. The first-order valence-electron chi connectivity index (χ1n) is 8.43. The Morgan fingerprint density at radius 2 is 1.73 bits per heavy atom. The lowest BCUT2D eigenvalue weighted by Gasteiger charge is -2.36. The SMILES string of the molecule is O=C(Nc1cc(Cl)cc(Cl)c1)N1CCN(c2cccc3[nH]ccc23)CC1. The van der Waals surface area contributed by atoms with Crippen molar-refractivity contribution in [3.8, 4) is 0 Å². The van der Waals surface area contributed by atoms with Gasteiger partial charge in [-0.2, -0.15) is 0 Å². The van der Waals surface area contributed by atoms with Crippen LogP contribution in [0, 0.1) is 0 Å². The standard InChI is InChI=1S/C19H18Cl2N4O/c20-13-10-14(21)12-15(11-13)23-19(26)25-8-6-24(7-9-25)18-3-1-2-17-16(18)4-5-22-17/h1-5,10-12,22H,6-9H2,(H,23,26). The summed E-state index contributed by atoms with van der Waals surface area (Å²) in [6.45, 7) is 2.88. The predicted molar refractivity (Wildman–Crippen MR) is 108 cm³/mol. The van der Waals surface area contributed by atoms with E-state index in [9.17, 15) is 4.79 Å². The molecule has 0 saturated carbocycles. The fourth-order valence-electron chi connectivity index (χ4n) is 3.32. The van der Waals surface area contributed by atoms with Crippen LogP contribution in [0.3, 0.4) is 0 Å². The molecule has 1 saturated heterocycles. The van der Waals surface area contributed by atoms with Gasteiger partial charge in [-0.25, -0.2) is 4.79 Å². The second kappa shape index (κ2) is 7.09. The zero-order valence-electron chi connectivity index (χ0n) is 14.0. The molecule has 0 atom stereocenters. The van der Waals surface area contributed by atoms with Gasteiger partial charge >= 0.3 is 6.03 Å². The second-order valence-electron chi connectivity index (χ2n) is 6.28. The van der Waals surface area contributed by atoms with Gasteiger partial charge in [-0.15, -0.1) is 0 Å². The van der Waals surface area contributed by atoms with E-state index in [-0.39, 0.29) is 6.03 Å². The van der Waals surface area contributed by atoms with E-state index >= 15 is 0 Å². The summed E-state index contributed by atoms with van der Waals surface area (Å²) in [6.07, 6.45) is 1.95. The number of nitrogens with one attached hydrogen (secondary N) is 2. The minimum atomic E-state index is -0.136. The molecule has 2 N–H and O–H groups in total. The number of rotatable bonds is 2. The molecule has 2 amide bonds. The highest BCUT2D eigenvalue weighted by molar-refractivity contribution is 6.35. The first-order chi connectivity index (χ1) is 12.6. The predicted octanol–water partition coefficient (Wildman–Crippen LogP) is 4.83. The third-order valence-corrected chi connectivity index (χ3v) is 5.03. The molecule has 0 bridgehead atoms. The molecule has 134 valence electrons. The largest absolute Gasteiger partial charge is 0.367 e. The lowest BCUT2D eigenvalue weighted by atomic mass is 10.2. The molecule has 2 heterocycles. The zero-order valence-corrected chi connectivity index (χ0v) is 15.5. The molecule has 2 aromatic carbocycles. The number of nitrogens with zero attached hydrogens (tertiary/aromatic N) is 2. The molecule has 0 radical (unpaired) electrons. The number of aromatic amines is 1. The molecule has 1 fully saturated rings. The van der Waals surface area contributed by atoms with Crippen LogP contribution in [0.25, 0.3) is 10.9 Å². The molecular weight excluding hydrogens is 371 g/mol. The summed E-state index contributed by atoms with van der Waals surface area (Å²) in [6, 6.07) is 13.2. The highest BCUT2D eigenvalue weighted by Gasteiger charge is 2.22. The van der Waals surface area contributed by atoms with Crippen molar-refractivity contribution in [2.45, 2.75) is 0 Å². The fourth-order valence-corrected chi connectivity index (χ4v) is 3.85. The highest BCUT2D eigenvalue weighted by Crippen LogP contribution is 2.27. The number of fused-ring (bicyclic) bond motifs is 1. The Labute approximate surface area is 161 Å². The van der Waals surface area contributed by atoms with Crippen LogP contribution in [0.15, 0.2) is 48.7 Å². The Kier molecular flexibility index (Phi) is 4.66. The van der Waals surface area contributed by atoms with Crippen molar-refractivity contribution in [2.75, 3.05) is 36.4 Å². The Morgan fingerprint density at radius 3 is 2.46 bits per heavy atom. The van der Waals surface area contributed by atoms with Crippen LogP contribution in [0.1, 0.15) is 0 Å². The number of aromatic nitrogens is 1. The van der Waals surface area contributed by atoms with Crippen LogP contribution in [0.2, 0.25) is 10.0 Å². The van der Waals surface area contributed by atoms with Gasteiger partial charge in [0.15, 0.2) is 0 Å². The summed E-state index contributed by atoms with van der Waals surface area (Å²) in [5, 5.41) is 5.07. The molecule has 1 aromatic heterocycles. The number of anilines is 2. The Balaban J connectivity index is 1.41. The summed E-state index contributed by atoms with van der Waals surface area (Å²) in [5.41, 5.74) is 2.93. The quantitative estimate of drug-likeness (QED) is 0.660. The van der Waals surface area contributed by atoms with E-state index in [1.54, 1.807) is 18.2 Å². The van der Waals surface area contributed by atoms with Gasteiger partial charge in [0.1, 0.15) is 0 Å². The Morgan fingerprint density at radius 1 is 1.00 bits per heavy atom. The van der Waals surface area contributed by atoms with Crippen molar-refractivity contribution in [1.82, 2.24) is 9.88 Å². The Bertz CT molecular complexity index is 927. The average Bonchev–Trinajstić information content (AvgIpc) is 3.09. The number of hydrogen-bond acceptors (Lipinski definition) is 2. The van der Waals surface area contributed by atoms with Gasteiger partial charge in [0.25, 0.3) is 0 Å². The smallest absolute Gasteiger partial charge is 0.321 e. The average molecular weight is 389 g/mol. The molecule has 7 heteroatoms. The van der Waals surface area contributed by atoms with Crippen molar-refractivity contribution >= 4 is 51.5 Å². The number of benzene rings is 2. The molecular formula is C19H18Cl2N4O. The van der Waals surface area contributed by atoms with Crippen LogP contribution >= 0.6 is 23.2 Å². The van der Waals surface area contributed by atoms with Gasteiger partial charge in [-0.3, -0.25) is 0 Å². The monoisotopic (exact) mass is 388 g/mol. The lowest BCUT2D eigenvalue weighted by Crippen LogP contribution is -2.50.